The monoisotopic (exact) mass is 353 g/mol. The molecular formula is C13H7BrClN2O3-. The standard InChI is InChI=1S/C13H8BrClN2O3/c14-9-4-8(13(18)12(5-9)17(19)20)7-16-11-3-1-2-10(15)6-11/h1-7,18H/p-1. The first-order valence-corrected chi connectivity index (χ1v) is 6.59. The summed E-state index contributed by atoms with van der Waals surface area (Å²) in [6, 6.07) is 9.39. The molecule has 0 unspecified atom stereocenters. The summed E-state index contributed by atoms with van der Waals surface area (Å²) in [5.74, 6) is -0.677. The molecule has 0 atom stereocenters. The molecule has 2 aromatic carbocycles. The van der Waals surface area contributed by atoms with Crippen molar-refractivity contribution in [2.75, 3.05) is 0 Å². The van der Waals surface area contributed by atoms with Crippen LogP contribution in [0.1, 0.15) is 5.56 Å². The van der Waals surface area contributed by atoms with Gasteiger partial charge >= 0.3 is 0 Å². The van der Waals surface area contributed by atoms with Crippen molar-refractivity contribution < 1.29 is 10.0 Å². The first-order valence-electron chi connectivity index (χ1n) is 5.42. The van der Waals surface area contributed by atoms with Crippen molar-refractivity contribution >= 4 is 45.1 Å². The van der Waals surface area contributed by atoms with Gasteiger partial charge in [0.05, 0.1) is 10.6 Å². The van der Waals surface area contributed by atoms with Crippen molar-refractivity contribution in [1.29, 1.82) is 0 Å². The molecule has 20 heavy (non-hydrogen) atoms. The van der Waals surface area contributed by atoms with Crippen LogP contribution in [-0.4, -0.2) is 11.1 Å². The van der Waals surface area contributed by atoms with Crippen LogP contribution in [0.3, 0.4) is 0 Å². The zero-order valence-electron chi connectivity index (χ0n) is 9.92. The molecule has 2 rings (SSSR count). The van der Waals surface area contributed by atoms with Gasteiger partial charge in [0.25, 0.3) is 5.69 Å². The van der Waals surface area contributed by atoms with Gasteiger partial charge in [0.1, 0.15) is 0 Å². The molecule has 0 aliphatic heterocycles. The normalized spacial score (nSPS) is 10.9. The number of nitro benzene ring substituents is 1. The highest BCUT2D eigenvalue weighted by atomic mass is 79.9. The molecule has 0 spiro atoms. The minimum absolute atomic E-state index is 0.131. The van der Waals surface area contributed by atoms with E-state index in [-0.39, 0.29) is 5.56 Å². The summed E-state index contributed by atoms with van der Waals surface area (Å²) in [4.78, 5) is 14.1. The SMILES string of the molecule is O=[N+]([O-])c1cc(Br)cc(C=Nc2cccc(Cl)c2)c1[O-]. The zero-order valence-corrected chi connectivity index (χ0v) is 12.3. The molecule has 0 aliphatic rings. The maximum Gasteiger partial charge on any atom is 0.263 e. The summed E-state index contributed by atoms with van der Waals surface area (Å²) in [5.41, 5.74) is 0.192. The Bertz CT molecular complexity index is 704. The second kappa shape index (κ2) is 6.02. The Balaban J connectivity index is 2.41. The van der Waals surface area contributed by atoms with Gasteiger partial charge in [0.2, 0.25) is 0 Å². The summed E-state index contributed by atoms with van der Waals surface area (Å²) in [7, 11) is 0. The fraction of sp³-hybridized carbons (Fsp3) is 0. The molecule has 0 saturated heterocycles. The number of hydrogen-bond donors (Lipinski definition) is 0. The van der Waals surface area contributed by atoms with Gasteiger partial charge < -0.3 is 5.11 Å². The molecule has 0 amide bonds. The Hall–Kier alpha value is -1.92. The molecule has 0 N–H and O–H groups in total. The fourth-order valence-corrected chi connectivity index (χ4v) is 2.18. The van der Waals surface area contributed by atoms with E-state index in [0.717, 1.165) is 0 Å². The molecule has 0 heterocycles. The Morgan fingerprint density at radius 1 is 1.30 bits per heavy atom. The van der Waals surface area contributed by atoms with E-state index in [1.807, 2.05) is 0 Å². The first kappa shape index (κ1) is 14.5. The van der Waals surface area contributed by atoms with Crippen LogP contribution in [0, 0.1) is 10.1 Å². The van der Waals surface area contributed by atoms with Crippen LogP contribution < -0.4 is 5.11 Å². The Labute approximate surface area is 127 Å². The van der Waals surface area contributed by atoms with Crippen LogP contribution in [0.5, 0.6) is 5.75 Å². The van der Waals surface area contributed by atoms with E-state index in [2.05, 4.69) is 20.9 Å². The van der Waals surface area contributed by atoms with Gasteiger partial charge in [-0.05, 0) is 35.6 Å². The van der Waals surface area contributed by atoms with Crippen LogP contribution in [0.4, 0.5) is 11.4 Å². The smallest absolute Gasteiger partial charge is 0.263 e. The Morgan fingerprint density at radius 3 is 2.70 bits per heavy atom. The van der Waals surface area contributed by atoms with Gasteiger partial charge in [0.15, 0.2) is 0 Å². The quantitative estimate of drug-likeness (QED) is 0.477. The number of aliphatic imine (C=N–C) groups is 1. The largest absolute Gasteiger partial charge is 0.867 e. The van der Waals surface area contributed by atoms with E-state index in [1.54, 1.807) is 24.3 Å². The highest BCUT2D eigenvalue weighted by Gasteiger charge is 2.10. The summed E-state index contributed by atoms with van der Waals surface area (Å²) >= 11 is 8.94. The van der Waals surface area contributed by atoms with E-state index in [0.29, 0.717) is 15.2 Å². The Kier molecular flexibility index (Phi) is 4.36. The number of nitrogens with zero attached hydrogens (tertiary/aromatic N) is 2. The summed E-state index contributed by atoms with van der Waals surface area (Å²) < 4.78 is 0.441. The van der Waals surface area contributed by atoms with Gasteiger partial charge in [-0.1, -0.05) is 33.6 Å². The molecule has 5 nitrogen and oxygen atoms in total. The van der Waals surface area contributed by atoms with Crippen molar-refractivity contribution in [2.24, 2.45) is 4.99 Å². The third kappa shape index (κ3) is 3.34. The van der Waals surface area contributed by atoms with E-state index < -0.39 is 16.4 Å². The molecular weight excluding hydrogens is 348 g/mol. The minimum Gasteiger partial charge on any atom is -0.867 e. The lowest BCUT2D eigenvalue weighted by Crippen LogP contribution is -2.02. The van der Waals surface area contributed by atoms with Crippen molar-refractivity contribution in [3.63, 3.8) is 0 Å². The van der Waals surface area contributed by atoms with Crippen molar-refractivity contribution in [3.05, 3.63) is 61.6 Å². The van der Waals surface area contributed by atoms with Gasteiger partial charge in [-0.3, -0.25) is 15.1 Å². The highest BCUT2D eigenvalue weighted by Crippen LogP contribution is 2.30. The molecule has 0 radical (unpaired) electrons. The van der Waals surface area contributed by atoms with Gasteiger partial charge in [-0.15, -0.1) is 0 Å². The summed E-state index contributed by atoms with van der Waals surface area (Å²) in [5, 5.41) is 23.2. The lowest BCUT2D eigenvalue weighted by atomic mass is 10.2. The predicted octanol–water partition coefficient (Wildman–Crippen LogP) is 3.83. The van der Waals surface area contributed by atoms with Gasteiger partial charge in [-0.2, -0.15) is 0 Å². The zero-order chi connectivity index (χ0) is 14.7. The summed E-state index contributed by atoms with van der Waals surface area (Å²) in [6.07, 6.45) is 1.28. The molecule has 0 aromatic heterocycles. The molecule has 7 heteroatoms. The fourth-order valence-electron chi connectivity index (χ4n) is 1.53. The van der Waals surface area contributed by atoms with Crippen LogP contribution in [0.25, 0.3) is 0 Å². The highest BCUT2D eigenvalue weighted by molar-refractivity contribution is 9.10. The third-order valence-electron chi connectivity index (χ3n) is 2.42. The van der Waals surface area contributed by atoms with E-state index >= 15 is 0 Å². The van der Waals surface area contributed by atoms with Crippen molar-refractivity contribution in [1.82, 2.24) is 0 Å². The van der Waals surface area contributed by atoms with Crippen LogP contribution >= 0.6 is 27.5 Å². The molecule has 0 saturated carbocycles. The van der Waals surface area contributed by atoms with E-state index in [4.69, 9.17) is 11.6 Å². The van der Waals surface area contributed by atoms with Gasteiger partial charge in [0, 0.05) is 21.8 Å². The maximum atomic E-state index is 11.9. The third-order valence-corrected chi connectivity index (χ3v) is 3.11. The second-order valence-electron chi connectivity index (χ2n) is 3.84. The maximum absolute atomic E-state index is 11.9. The lowest BCUT2D eigenvalue weighted by molar-refractivity contribution is -0.398. The number of halogens is 2. The average molecular weight is 355 g/mol. The minimum atomic E-state index is -0.718. The van der Waals surface area contributed by atoms with Crippen LogP contribution in [-0.2, 0) is 0 Å². The second-order valence-corrected chi connectivity index (χ2v) is 5.19. The van der Waals surface area contributed by atoms with Crippen molar-refractivity contribution in [3.8, 4) is 5.75 Å². The number of hydrogen-bond acceptors (Lipinski definition) is 4. The predicted molar refractivity (Wildman–Crippen MR) is 78.9 cm³/mol. The van der Waals surface area contributed by atoms with Gasteiger partial charge in [-0.25, -0.2) is 0 Å². The summed E-state index contributed by atoms with van der Waals surface area (Å²) in [6.45, 7) is 0. The molecule has 0 fully saturated rings. The van der Waals surface area contributed by atoms with Crippen LogP contribution in [0.15, 0.2) is 45.9 Å². The number of nitro groups is 1. The molecule has 0 aliphatic carbocycles. The lowest BCUT2D eigenvalue weighted by Gasteiger charge is -2.10. The molecule has 102 valence electrons. The topological polar surface area (TPSA) is 78.6 Å². The number of rotatable bonds is 3. The van der Waals surface area contributed by atoms with E-state index in [1.165, 1.54) is 18.3 Å². The van der Waals surface area contributed by atoms with E-state index in [9.17, 15) is 15.2 Å². The molecule has 2 aromatic rings. The average Bonchev–Trinajstić information content (AvgIpc) is 2.39. The number of benzene rings is 2. The first-order chi connectivity index (χ1) is 9.47. The van der Waals surface area contributed by atoms with Crippen LogP contribution in [0.2, 0.25) is 5.02 Å². The molecule has 0 bridgehead atoms. The van der Waals surface area contributed by atoms with Crippen molar-refractivity contribution in [2.45, 2.75) is 0 Å². The Morgan fingerprint density at radius 2 is 2.05 bits per heavy atom.